The first-order valence-corrected chi connectivity index (χ1v) is 12.0. The van der Waals surface area contributed by atoms with Gasteiger partial charge in [-0.3, -0.25) is 33.9 Å². The maximum atomic E-state index is 11.6. The van der Waals surface area contributed by atoms with E-state index in [1.165, 1.54) is 14.7 Å². The van der Waals surface area contributed by atoms with Crippen LogP contribution in [0.25, 0.3) is 0 Å². The van der Waals surface area contributed by atoms with Crippen LogP contribution in [0.4, 0.5) is 5.69 Å². The molecule has 1 aromatic rings. The molecule has 1 rings (SSSR count). The molecule has 0 aromatic heterocycles. The van der Waals surface area contributed by atoms with Crippen LogP contribution in [-0.2, 0) is 25.6 Å². The summed E-state index contributed by atoms with van der Waals surface area (Å²) in [6, 6.07) is 6.90. The summed E-state index contributed by atoms with van der Waals surface area (Å²) in [4.78, 5) is 50.0. The number of nitrogens with zero attached hydrogens (tertiary/aromatic N) is 3. The number of rotatable bonds is 20. The summed E-state index contributed by atoms with van der Waals surface area (Å²) in [7, 11) is 0. The minimum absolute atomic E-state index is 0. The number of hydrogen-bond acceptors (Lipinski definition) is 9. The standard InChI is InChI=1S/C25H38N4O9.Gd/c1-17(2)26-20-6-4-19(5-7-20)10-21(29(15-24(35)36)16-25(37)38)12-28(14-23(33)34)9-8-27(11-18(3)30)13-22(31)32;/h4-7,17,21,26,30H,3,8-16H2,1-2H3,(H,31,32)(H,33,34)(H,35,36)(H,37,38);/q;+2. The summed E-state index contributed by atoms with van der Waals surface area (Å²) in [5, 5.41) is 50.2. The number of carbonyl (C=O) groups is 4. The van der Waals surface area contributed by atoms with E-state index < -0.39 is 56.1 Å². The van der Waals surface area contributed by atoms with Crippen LogP contribution >= 0.6 is 0 Å². The number of aliphatic hydroxyl groups is 1. The predicted octanol–water partition coefficient (Wildman–Crippen LogP) is 0.734. The first kappa shape index (κ1) is 36.6. The fourth-order valence-electron chi connectivity index (χ4n) is 3.98. The molecule has 0 aliphatic carbocycles. The van der Waals surface area contributed by atoms with Gasteiger partial charge >= 0.3 is 63.8 Å². The van der Waals surface area contributed by atoms with Crippen molar-refractivity contribution in [1.82, 2.24) is 14.7 Å². The zero-order valence-electron chi connectivity index (χ0n) is 22.1. The SMILES string of the molecule is C=C(O)CN(CCN(CC(=O)O)CC(Cc1ccc(NC(C)C)cc1)N(CC(=O)O)CC(=O)O)CC(=O)O.[Gd+2]. The van der Waals surface area contributed by atoms with Gasteiger partial charge in [-0.25, -0.2) is 0 Å². The van der Waals surface area contributed by atoms with Gasteiger partial charge in [-0.05, 0) is 38.0 Å². The van der Waals surface area contributed by atoms with Crippen LogP contribution in [0.3, 0.4) is 0 Å². The van der Waals surface area contributed by atoms with E-state index in [9.17, 15) is 39.6 Å². The van der Waals surface area contributed by atoms with E-state index in [1.807, 2.05) is 38.1 Å². The maximum absolute atomic E-state index is 11.6. The van der Waals surface area contributed by atoms with E-state index in [1.54, 1.807) is 0 Å². The quantitative estimate of drug-likeness (QED) is 0.105. The van der Waals surface area contributed by atoms with Gasteiger partial charge in [0.25, 0.3) is 0 Å². The van der Waals surface area contributed by atoms with Gasteiger partial charge in [-0.1, -0.05) is 18.7 Å². The van der Waals surface area contributed by atoms with Crippen molar-refractivity contribution in [3.63, 3.8) is 0 Å². The summed E-state index contributed by atoms with van der Waals surface area (Å²) in [6.45, 7) is 5.36. The average Bonchev–Trinajstić information content (AvgIpc) is 2.75. The molecule has 0 aliphatic rings. The van der Waals surface area contributed by atoms with E-state index in [4.69, 9.17) is 5.11 Å². The smallest absolute Gasteiger partial charge is 0.512 e. The van der Waals surface area contributed by atoms with E-state index in [2.05, 4.69) is 11.9 Å². The van der Waals surface area contributed by atoms with Gasteiger partial charge in [0.15, 0.2) is 0 Å². The Hall–Kier alpha value is -2.36. The molecule has 1 aromatic carbocycles. The van der Waals surface area contributed by atoms with Crippen LogP contribution < -0.4 is 5.32 Å². The Morgan fingerprint density at radius 1 is 0.769 bits per heavy atom. The topological polar surface area (TPSA) is 191 Å². The molecule has 14 heteroatoms. The molecule has 0 aliphatic heterocycles. The maximum Gasteiger partial charge on any atom is 2.00 e. The third-order valence-electron chi connectivity index (χ3n) is 5.40. The number of hydrogen-bond donors (Lipinski definition) is 6. The van der Waals surface area contributed by atoms with Crippen molar-refractivity contribution in [2.75, 3.05) is 57.7 Å². The third-order valence-corrected chi connectivity index (χ3v) is 5.40. The van der Waals surface area contributed by atoms with E-state index in [-0.39, 0.29) is 84.3 Å². The molecular weight excluding hydrogens is 658 g/mol. The fraction of sp³-hybridized carbons (Fsp3) is 0.520. The average molecular weight is 696 g/mol. The molecule has 0 saturated carbocycles. The van der Waals surface area contributed by atoms with Crippen molar-refractivity contribution >= 4 is 29.6 Å². The number of carboxylic acid groups (broad SMARTS) is 4. The molecule has 0 fully saturated rings. The number of anilines is 1. The Labute approximate surface area is 259 Å². The Kier molecular flexibility index (Phi) is 17.7. The molecular formula is C25H38GdN4O9+2. The molecule has 1 atom stereocenters. The van der Waals surface area contributed by atoms with Gasteiger partial charge in [0.05, 0.1) is 38.5 Å². The number of benzene rings is 1. The van der Waals surface area contributed by atoms with Gasteiger partial charge in [-0.2, -0.15) is 0 Å². The van der Waals surface area contributed by atoms with Crippen molar-refractivity contribution in [2.24, 2.45) is 0 Å². The van der Waals surface area contributed by atoms with Crippen molar-refractivity contribution in [1.29, 1.82) is 0 Å². The second kappa shape index (κ2) is 18.8. The number of aliphatic carboxylic acids is 4. The number of nitrogens with one attached hydrogen (secondary N) is 1. The molecule has 13 nitrogen and oxygen atoms in total. The van der Waals surface area contributed by atoms with E-state index in [0.29, 0.717) is 0 Å². The zero-order chi connectivity index (χ0) is 28.8. The fourth-order valence-corrected chi connectivity index (χ4v) is 3.98. The largest absolute Gasteiger partial charge is 2.00 e. The molecule has 39 heavy (non-hydrogen) atoms. The summed E-state index contributed by atoms with van der Waals surface area (Å²) < 4.78 is 0. The second-order valence-corrected chi connectivity index (χ2v) is 9.35. The number of carboxylic acids is 4. The monoisotopic (exact) mass is 696 g/mol. The summed E-state index contributed by atoms with van der Waals surface area (Å²) in [5.41, 5.74) is 1.68. The van der Waals surface area contributed by atoms with Crippen molar-refractivity contribution in [3.8, 4) is 0 Å². The van der Waals surface area contributed by atoms with Crippen molar-refractivity contribution < 1.29 is 84.7 Å². The van der Waals surface area contributed by atoms with Gasteiger partial charge in [0.2, 0.25) is 0 Å². The Bertz CT molecular complexity index is 927. The Morgan fingerprint density at radius 3 is 1.67 bits per heavy atom. The predicted molar refractivity (Wildman–Crippen MR) is 139 cm³/mol. The minimum atomic E-state index is -1.23. The molecule has 1 unspecified atom stereocenters. The number of aliphatic hydroxyl groups excluding tert-OH is 1. The molecule has 0 spiro atoms. The van der Waals surface area contributed by atoms with Crippen molar-refractivity contribution in [3.05, 3.63) is 42.2 Å². The minimum Gasteiger partial charge on any atom is -0.512 e. The third kappa shape index (κ3) is 17.1. The van der Waals surface area contributed by atoms with Gasteiger partial charge < -0.3 is 30.8 Å². The van der Waals surface area contributed by atoms with Crippen LogP contribution in [0, 0.1) is 39.9 Å². The van der Waals surface area contributed by atoms with E-state index >= 15 is 0 Å². The van der Waals surface area contributed by atoms with E-state index in [0.717, 1.165) is 11.3 Å². The summed E-state index contributed by atoms with van der Waals surface area (Å²) in [5.74, 6) is -5.01. The van der Waals surface area contributed by atoms with Crippen LogP contribution in [0.5, 0.6) is 0 Å². The first-order chi connectivity index (χ1) is 17.7. The molecule has 0 heterocycles. The zero-order valence-corrected chi connectivity index (χ0v) is 24.4. The van der Waals surface area contributed by atoms with Gasteiger partial charge in [-0.15, -0.1) is 0 Å². The van der Waals surface area contributed by atoms with Crippen molar-refractivity contribution in [2.45, 2.75) is 32.4 Å². The summed E-state index contributed by atoms with van der Waals surface area (Å²) >= 11 is 0. The molecule has 0 bridgehead atoms. The van der Waals surface area contributed by atoms with Crippen LogP contribution in [0.15, 0.2) is 36.6 Å². The second-order valence-electron chi connectivity index (χ2n) is 9.35. The van der Waals surface area contributed by atoms with Gasteiger partial charge in [0.1, 0.15) is 0 Å². The van der Waals surface area contributed by atoms with Gasteiger partial charge in [0, 0.05) is 37.4 Å². The molecule has 6 N–H and O–H groups in total. The molecule has 218 valence electrons. The normalized spacial score (nSPS) is 11.8. The van der Waals surface area contributed by atoms with Crippen LogP contribution in [-0.4, -0.2) is 129 Å². The molecule has 0 amide bonds. The molecule has 0 radical (unpaired) electrons. The van der Waals surface area contributed by atoms with Crippen LogP contribution in [0.2, 0.25) is 0 Å². The molecule has 0 saturated heterocycles. The van der Waals surface area contributed by atoms with Crippen LogP contribution in [0.1, 0.15) is 19.4 Å². The Balaban J connectivity index is 0.0000144. The summed E-state index contributed by atoms with van der Waals surface area (Å²) in [6.07, 6.45) is 0.241. The Morgan fingerprint density at radius 2 is 1.23 bits per heavy atom. The first-order valence-electron chi connectivity index (χ1n) is 12.0.